The zero-order valence-corrected chi connectivity index (χ0v) is 5.76. The van der Waals surface area contributed by atoms with Crippen molar-refractivity contribution in [3.05, 3.63) is 0 Å². The van der Waals surface area contributed by atoms with E-state index in [4.69, 9.17) is 9.84 Å². The van der Waals surface area contributed by atoms with Gasteiger partial charge < -0.3 is 9.84 Å². The highest BCUT2D eigenvalue weighted by molar-refractivity contribution is 5.79. The molecule has 3 heteroatoms. The summed E-state index contributed by atoms with van der Waals surface area (Å²) < 4.78 is 4.85. The highest BCUT2D eigenvalue weighted by Crippen LogP contribution is 1.89. The highest BCUT2D eigenvalue weighted by atomic mass is 16.5. The van der Waals surface area contributed by atoms with Gasteiger partial charge in [-0.25, -0.2) is 0 Å². The lowest BCUT2D eigenvalue weighted by atomic mass is 10.3. The molecule has 0 aliphatic carbocycles. The Morgan fingerprint density at radius 1 is 1.78 bits per heavy atom. The summed E-state index contributed by atoms with van der Waals surface area (Å²) in [5.41, 5.74) is 0. The van der Waals surface area contributed by atoms with E-state index in [9.17, 15) is 4.79 Å². The fourth-order valence-electron chi connectivity index (χ4n) is 0.347. The minimum Gasteiger partial charge on any atom is -0.394 e. The second-order valence-electron chi connectivity index (χ2n) is 1.85. The Hall–Kier alpha value is -0.410. The van der Waals surface area contributed by atoms with E-state index in [1.165, 1.54) is 6.92 Å². The summed E-state index contributed by atoms with van der Waals surface area (Å²) in [6, 6.07) is 0. The first kappa shape index (κ1) is 8.59. The molecule has 0 rings (SSSR count). The summed E-state index contributed by atoms with van der Waals surface area (Å²) in [7, 11) is 0. The predicted molar refractivity (Wildman–Crippen MR) is 33.2 cm³/mol. The molecule has 0 aromatic rings. The molecule has 1 N–H and O–H groups in total. The second-order valence-corrected chi connectivity index (χ2v) is 1.85. The number of aliphatic hydroxyl groups is 1. The molecule has 0 bridgehead atoms. The molecular weight excluding hydrogens is 120 g/mol. The molecule has 0 saturated carbocycles. The molecule has 0 spiro atoms. The van der Waals surface area contributed by atoms with Gasteiger partial charge in [-0.2, -0.15) is 0 Å². The minimum atomic E-state index is -0.378. The van der Waals surface area contributed by atoms with Crippen LogP contribution in [0.3, 0.4) is 0 Å². The first-order valence-electron chi connectivity index (χ1n) is 2.91. The zero-order chi connectivity index (χ0) is 7.28. The Morgan fingerprint density at radius 2 is 2.33 bits per heavy atom. The van der Waals surface area contributed by atoms with Gasteiger partial charge in [-0.15, -0.1) is 0 Å². The predicted octanol–water partition coefficient (Wildman–Crippen LogP) is -0.0272. The van der Waals surface area contributed by atoms with Gasteiger partial charge in [0.1, 0.15) is 6.10 Å². The third-order valence-electron chi connectivity index (χ3n) is 1.03. The van der Waals surface area contributed by atoms with Gasteiger partial charge in [0.2, 0.25) is 0 Å². The average Bonchev–Trinajstić information content (AvgIpc) is 1.82. The SMILES string of the molecule is CC(=O)C(C)OCCO. The molecule has 9 heavy (non-hydrogen) atoms. The standard InChI is InChI=1S/C6H12O3/c1-5(8)6(2)9-4-3-7/h6-7H,3-4H2,1-2H3. The fourth-order valence-corrected chi connectivity index (χ4v) is 0.347. The molecule has 0 radical (unpaired) electrons. The zero-order valence-electron chi connectivity index (χ0n) is 5.76. The Kier molecular flexibility index (Phi) is 4.26. The molecule has 1 unspecified atom stereocenters. The maximum absolute atomic E-state index is 10.4. The topological polar surface area (TPSA) is 46.5 Å². The van der Waals surface area contributed by atoms with Crippen LogP contribution in [-0.2, 0) is 9.53 Å². The third-order valence-corrected chi connectivity index (χ3v) is 1.03. The van der Waals surface area contributed by atoms with E-state index in [2.05, 4.69) is 0 Å². The van der Waals surface area contributed by atoms with Crippen molar-refractivity contribution in [2.24, 2.45) is 0 Å². The normalized spacial score (nSPS) is 13.2. The lowest BCUT2D eigenvalue weighted by molar-refractivity contribution is -0.127. The molecule has 0 aromatic carbocycles. The summed E-state index contributed by atoms with van der Waals surface area (Å²) in [6.07, 6.45) is -0.378. The summed E-state index contributed by atoms with van der Waals surface area (Å²) in [5.74, 6) is -0.0107. The van der Waals surface area contributed by atoms with Gasteiger partial charge >= 0.3 is 0 Å². The smallest absolute Gasteiger partial charge is 0.158 e. The molecule has 0 fully saturated rings. The molecule has 0 saturated heterocycles. The van der Waals surface area contributed by atoms with Crippen LogP contribution in [0.5, 0.6) is 0 Å². The van der Waals surface area contributed by atoms with E-state index in [1.807, 2.05) is 0 Å². The Bertz CT molecular complexity index is 90.3. The van der Waals surface area contributed by atoms with Gasteiger partial charge in [0.25, 0.3) is 0 Å². The lowest BCUT2D eigenvalue weighted by Gasteiger charge is -2.06. The molecule has 0 aliphatic heterocycles. The van der Waals surface area contributed by atoms with Gasteiger partial charge in [0.15, 0.2) is 5.78 Å². The number of hydrogen-bond acceptors (Lipinski definition) is 3. The summed E-state index contributed by atoms with van der Waals surface area (Å²) in [4.78, 5) is 10.4. The van der Waals surface area contributed by atoms with Gasteiger partial charge in [0, 0.05) is 0 Å². The van der Waals surface area contributed by atoms with Crippen LogP contribution in [0.2, 0.25) is 0 Å². The Labute approximate surface area is 54.6 Å². The van der Waals surface area contributed by atoms with Crippen molar-refractivity contribution in [3.63, 3.8) is 0 Å². The van der Waals surface area contributed by atoms with E-state index in [0.717, 1.165) is 0 Å². The minimum absolute atomic E-state index is 0.0107. The monoisotopic (exact) mass is 132 g/mol. The van der Waals surface area contributed by atoms with Gasteiger partial charge in [-0.1, -0.05) is 0 Å². The molecule has 0 amide bonds. The maximum atomic E-state index is 10.4. The van der Waals surface area contributed by atoms with E-state index >= 15 is 0 Å². The first-order chi connectivity index (χ1) is 4.18. The summed E-state index contributed by atoms with van der Waals surface area (Å²) in [5, 5.41) is 8.26. The third kappa shape index (κ3) is 4.12. The van der Waals surface area contributed by atoms with Crippen LogP contribution in [0.4, 0.5) is 0 Å². The van der Waals surface area contributed by atoms with Crippen molar-refractivity contribution >= 4 is 5.78 Å². The number of carbonyl (C=O) groups is 1. The number of aliphatic hydroxyl groups excluding tert-OH is 1. The van der Waals surface area contributed by atoms with Crippen LogP contribution in [0.1, 0.15) is 13.8 Å². The lowest BCUT2D eigenvalue weighted by Crippen LogP contribution is -2.19. The maximum Gasteiger partial charge on any atom is 0.158 e. The van der Waals surface area contributed by atoms with E-state index in [0.29, 0.717) is 0 Å². The van der Waals surface area contributed by atoms with Crippen LogP contribution in [0.25, 0.3) is 0 Å². The van der Waals surface area contributed by atoms with E-state index in [1.54, 1.807) is 6.92 Å². The molecule has 3 nitrogen and oxygen atoms in total. The Morgan fingerprint density at radius 3 is 2.67 bits per heavy atom. The highest BCUT2D eigenvalue weighted by Gasteiger charge is 2.05. The first-order valence-corrected chi connectivity index (χ1v) is 2.91. The number of hydrogen-bond donors (Lipinski definition) is 1. The number of ketones is 1. The van der Waals surface area contributed by atoms with Crippen molar-refractivity contribution in [2.45, 2.75) is 20.0 Å². The van der Waals surface area contributed by atoms with Crippen LogP contribution < -0.4 is 0 Å². The number of ether oxygens (including phenoxy) is 1. The van der Waals surface area contributed by atoms with Gasteiger partial charge in [-0.05, 0) is 13.8 Å². The molecule has 0 heterocycles. The van der Waals surface area contributed by atoms with Crippen LogP contribution in [0.15, 0.2) is 0 Å². The van der Waals surface area contributed by atoms with Crippen molar-refractivity contribution in [2.75, 3.05) is 13.2 Å². The molecule has 0 aromatic heterocycles. The molecule has 0 aliphatic rings. The second kappa shape index (κ2) is 4.47. The van der Waals surface area contributed by atoms with Crippen LogP contribution in [-0.4, -0.2) is 30.2 Å². The van der Waals surface area contributed by atoms with E-state index in [-0.39, 0.29) is 25.1 Å². The number of carbonyl (C=O) groups excluding carboxylic acids is 1. The van der Waals surface area contributed by atoms with Gasteiger partial charge in [-0.3, -0.25) is 4.79 Å². The van der Waals surface area contributed by atoms with Crippen molar-refractivity contribution in [1.82, 2.24) is 0 Å². The Balaban J connectivity index is 3.27. The fraction of sp³-hybridized carbons (Fsp3) is 0.833. The molecule has 54 valence electrons. The molecular formula is C6H12O3. The summed E-state index contributed by atoms with van der Waals surface area (Å²) in [6.45, 7) is 3.33. The summed E-state index contributed by atoms with van der Waals surface area (Å²) >= 11 is 0. The average molecular weight is 132 g/mol. The van der Waals surface area contributed by atoms with Crippen molar-refractivity contribution < 1.29 is 14.6 Å². The van der Waals surface area contributed by atoms with Crippen molar-refractivity contribution in [3.8, 4) is 0 Å². The van der Waals surface area contributed by atoms with Crippen molar-refractivity contribution in [1.29, 1.82) is 0 Å². The largest absolute Gasteiger partial charge is 0.394 e. The molecule has 1 atom stereocenters. The number of rotatable bonds is 4. The van der Waals surface area contributed by atoms with Crippen LogP contribution >= 0.6 is 0 Å². The van der Waals surface area contributed by atoms with Gasteiger partial charge in [0.05, 0.1) is 13.2 Å². The quantitative estimate of drug-likeness (QED) is 0.584. The van der Waals surface area contributed by atoms with E-state index < -0.39 is 0 Å². The van der Waals surface area contributed by atoms with Crippen LogP contribution in [0, 0.1) is 0 Å². The number of Topliss-reactive ketones (excluding diaryl/α,β-unsaturated/α-hetero) is 1.